The number of fused-ring (bicyclic) bond motifs is 1. The lowest BCUT2D eigenvalue weighted by Crippen LogP contribution is -2.48. The molecule has 0 heterocycles. The molecule has 0 spiro atoms. The molecule has 0 fully saturated rings. The molecule has 0 amide bonds. The molecular weight excluding hydrogens is 376 g/mol. The van der Waals surface area contributed by atoms with Crippen molar-refractivity contribution in [3.63, 3.8) is 0 Å². The summed E-state index contributed by atoms with van der Waals surface area (Å²) in [5.74, 6) is -8.63. The van der Waals surface area contributed by atoms with Crippen molar-refractivity contribution in [3.05, 3.63) is 22.7 Å². The van der Waals surface area contributed by atoms with Crippen LogP contribution in [-0.2, 0) is 38.1 Å². The molecule has 2 aliphatic carbocycles. The minimum absolute atomic E-state index is 0.436. The minimum atomic E-state index is -1.77. The van der Waals surface area contributed by atoms with Crippen LogP contribution in [-0.4, -0.2) is 62.5 Å². The van der Waals surface area contributed by atoms with Crippen LogP contribution in [0.25, 0.3) is 0 Å². The Hall–Kier alpha value is -3.04. The van der Waals surface area contributed by atoms with Gasteiger partial charge in [0.25, 0.3) is 0 Å². The summed E-state index contributed by atoms with van der Waals surface area (Å²) in [6.07, 6.45) is 0. The van der Waals surface area contributed by atoms with E-state index in [0.717, 1.165) is 28.4 Å². The molecule has 4 atom stereocenters. The second-order valence-corrected chi connectivity index (χ2v) is 6.82. The Morgan fingerprint density at radius 2 is 0.964 bits per heavy atom. The van der Waals surface area contributed by atoms with Crippen LogP contribution < -0.4 is 0 Å². The van der Waals surface area contributed by atoms with Gasteiger partial charge in [0.2, 0.25) is 0 Å². The molecule has 10 nitrogen and oxygen atoms in total. The predicted octanol–water partition coefficient (Wildman–Crippen LogP) is 0.575. The lowest BCUT2D eigenvalue weighted by atomic mass is 9.58. The molecule has 0 bridgehead atoms. The number of aliphatic hydroxyl groups is 2. The van der Waals surface area contributed by atoms with E-state index in [0.29, 0.717) is 0 Å². The quantitative estimate of drug-likeness (QED) is 0.509. The molecule has 0 aromatic heterocycles. The smallest absolute Gasteiger partial charge is 0.337 e. The molecule has 0 saturated carbocycles. The van der Waals surface area contributed by atoms with Crippen LogP contribution in [0.4, 0.5) is 0 Å². The third-order valence-corrected chi connectivity index (χ3v) is 5.98. The van der Waals surface area contributed by atoms with Crippen LogP contribution in [0.5, 0.6) is 0 Å². The van der Waals surface area contributed by atoms with Crippen LogP contribution in [0.1, 0.15) is 13.8 Å². The first-order valence-corrected chi connectivity index (χ1v) is 8.20. The van der Waals surface area contributed by atoms with Crippen molar-refractivity contribution in [1.82, 2.24) is 0 Å². The van der Waals surface area contributed by atoms with Crippen molar-refractivity contribution in [2.75, 3.05) is 28.4 Å². The average Bonchev–Trinajstić information content (AvgIpc) is 2.94. The predicted molar refractivity (Wildman–Crippen MR) is 90.6 cm³/mol. The van der Waals surface area contributed by atoms with Crippen LogP contribution in [0.15, 0.2) is 22.7 Å². The molecule has 2 N–H and O–H groups in total. The van der Waals surface area contributed by atoms with Crippen LogP contribution in [0, 0.1) is 22.7 Å². The summed E-state index contributed by atoms with van der Waals surface area (Å²) in [6.45, 7) is 2.71. The second-order valence-electron chi connectivity index (χ2n) is 6.82. The molecular formula is C18H22O10. The van der Waals surface area contributed by atoms with E-state index in [1.165, 1.54) is 13.8 Å². The number of aliphatic hydroxyl groups excluding tert-OH is 2. The van der Waals surface area contributed by atoms with Gasteiger partial charge in [-0.15, -0.1) is 0 Å². The van der Waals surface area contributed by atoms with Gasteiger partial charge in [0, 0.05) is 10.8 Å². The maximum absolute atomic E-state index is 12.5. The zero-order valence-electron chi connectivity index (χ0n) is 16.3. The van der Waals surface area contributed by atoms with E-state index in [-0.39, 0.29) is 0 Å². The number of hydrogen-bond acceptors (Lipinski definition) is 10. The van der Waals surface area contributed by atoms with Crippen molar-refractivity contribution in [2.24, 2.45) is 22.7 Å². The van der Waals surface area contributed by atoms with Gasteiger partial charge in [0.05, 0.1) is 39.6 Å². The Morgan fingerprint density at radius 1 is 0.679 bits per heavy atom. The maximum atomic E-state index is 12.5. The monoisotopic (exact) mass is 398 g/mol. The molecule has 0 aromatic rings. The van der Waals surface area contributed by atoms with Crippen LogP contribution in [0.2, 0.25) is 0 Å². The van der Waals surface area contributed by atoms with Gasteiger partial charge in [-0.1, -0.05) is 13.8 Å². The first-order valence-electron chi connectivity index (χ1n) is 8.20. The van der Waals surface area contributed by atoms with E-state index in [2.05, 4.69) is 0 Å². The number of methoxy groups -OCH3 is 4. The van der Waals surface area contributed by atoms with Crippen molar-refractivity contribution < 1.29 is 48.3 Å². The van der Waals surface area contributed by atoms with Gasteiger partial charge in [0.15, 0.2) is 0 Å². The van der Waals surface area contributed by atoms with E-state index >= 15 is 0 Å². The molecule has 0 saturated heterocycles. The van der Waals surface area contributed by atoms with Gasteiger partial charge in [-0.2, -0.15) is 0 Å². The third kappa shape index (κ3) is 2.26. The van der Waals surface area contributed by atoms with Crippen molar-refractivity contribution >= 4 is 23.9 Å². The Bertz CT molecular complexity index is 754. The molecule has 0 radical (unpaired) electrons. The third-order valence-electron chi connectivity index (χ3n) is 5.98. The van der Waals surface area contributed by atoms with E-state index in [1.54, 1.807) is 0 Å². The molecule has 0 aliphatic heterocycles. The number of carbonyl (C=O) groups is 4. The van der Waals surface area contributed by atoms with Crippen LogP contribution >= 0.6 is 0 Å². The SMILES string of the molecule is COC(=O)C1=C(O)C(C(=O)OC)C2(C)C(C(=O)OC)=C(O)C(C(=O)OC)C12C. The zero-order chi connectivity index (χ0) is 21.6. The van der Waals surface area contributed by atoms with Gasteiger partial charge in [0.1, 0.15) is 23.4 Å². The average molecular weight is 398 g/mol. The summed E-state index contributed by atoms with van der Waals surface area (Å²) in [6, 6.07) is 0. The standard InChI is InChI=1S/C18H22O10/c1-17-7(13(21)25-3)11(19)9(15(23)27-5)18(17,2)10(16(24)28-6)12(20)8(17)14(22)26-4/h7,10,19-20H,1-6H3. The van der Waals surface area contributed by atoms with Crippen molar-refractivity contribution in [2.45, 2.75) is 13.8 Å². The highest BCUT2D eigenvalue weighted by Crippen LogP contribution is 2.71. The van der Waals surface area contributed by atoms with Gasteiger partial charge < -0.3 is 29.2 Å². The molecule has 2 rings (SSSR count). The summed E-state index contributed by atoms with van der Waals surface area (Å²) in [4.78, 5) is 50.1. The summed E-state index contributed by atoms with van der Waals surface area (Å²) in [5, 5.41) is 21.6. The fourth-order valence-corrected chi connectivity index (χ4v) is 4.54. The highest BCUT2D eigenvalue weighted by atomic mass is 16.5. The van der Waals surface area contributed by atoms with E-state index < -0.39 is 69.2 Å². The molecule has 154 valence electrons. The fourth-order valence-electron chi connectivity index (χ4n) is 4.54. The van der Waals surface area contributed by atoms with E-state index in [4.69, 9.17) is 18.9 Å². The highest BCUT2D eigenvalue weighted by molar-refractivity contribution is 6.02. The van der Waals surface area contributed by atoms with Gasteiger partial charge in [-0.3, -0.25) is 9.59 Å². The highest BCUT2D eigenvalue weighted by Gasteiger charge is 2.76. The molecule has 4 unspecified atom stereocenters. The lowest BCUT2D eigenvalue weighted by Gasteiger charge is -2.41. The summed E-state index contributed by atoms with van der Waals surface area (Å²) in [5.41, 5.74) is -4.42. The normalized spacial score (nSPS) is 31.4. The number of hydrogen-bond donors (Lipinski definition) is 2. The summed E-state index contributed by atoms with van der Waals surface area (Å²) >= 11 is 0. The zero-order valence-corrected chi connectivity index (χ0v) is 16.3. The van der Waals surface area contributed by atoms with Crippen molar-refractivity contribution in [1.29, 1.82) is 0 Å². The number of carbonyl (C=O) groups excluding carboxylic acids is 4. The Balaban J connectivity index is 2.98. The first kappa shape index (κ1) is 21.3. The summed E-state index contributed by atoms with van der Waals surface area (Å²) in [7, 11) is 4.21. The largest absolute Gasteiger partial charge is 0.511 e. The van der Waals surface area contributed by atoms with Crippen LogP contribution in [0.3, 0.4) is 0 Å². The van der Waals surface area contributed by atoms with Gasteiger partial charge in [-0.25, -0.2) is 9.59 Å². The molecule has 0 aromatic carbocycles. The van der Waals surface area contributed by atoms with E-state index in [9.17, 15) is 29.4 Å². The minimum Gasteiger partial charge on any atom is -0.511 e. The molecule has 2 aliphatic rings. The maximum Gasteiger partial charge on any atom is 0.337 e. The lowest BCUT2D eigenvalue weighted by molar-refractivity contribution is -0.157. The number of esters is 4. The summed E-state index contributed by atoms with van der Waals surface area (Å²) < 4.78 is 18.9. The Kier molecular flexibility index (Phi) is 5.20. The fraction of sp³-hybridized carbons (Fsp3) is 0.556. The topological polar surface area (TPSA) is 146 Å². The molecule has 28 heavy (non-hydrogen) atoms. The Morgan fingerprint density at radius 3 is 1.18 bits per heavy atom. The van der Waals surface area contributed by atoms with Gasteiger partial charge >= 0.3 is 23.9 Å². The number of rotatable bonds is 4. The van der Waals surface area contributed by atoms with Crippen molar-refractivity contribution in [3.8, 4) is 0 Å². The van der Waals surface area contributed by atoms with E-state index in [1.807, 2.05) is 0 Å². The number of ether oxygens (including phenoxy) is 4. The first-order chi connectivity index (χ1) is 13.0. The van der Waals surface area contributed by atoms with Gasteiger partial charge in [-0.05, 0) is 0 Å². The Labute approximate surface area is 160 Å². The second kappa shape index (κ2) is 6.84. The molecule has 10 heteroatoms.